The number of fused-ring (bicyclic) bond motifs is 1. The number of benzene rings is 1. The van der Waals surface area contributed by atoms with Crippen molar-refractivity contribution in [3.8, 4) is 17.2 Å². The zero-order valence-corrected chi connectivity index (χ0v) is 15.1. The first-order valence-electron chi connectivity index (χ1n) is 8.22. The van der Waals surface area contributed by atoms with E-state index >= 15 is 0 Å². The molecule has 24 heavy (non-hydrogen) atoms. The second kappa shape index (κ2) is 7.30. The Balaban J connectivity index is 1.99. The Morgan fingerprint density at radius 1 is 1.33 bits per heavy atom. The van der Waals surface area contributed by atoms with Gasteiger partial charge in [-0.3, -0.25) is 4.79 Å². The van der Waals surface area contributed by atoms with Crippen LogP contribution in [-0.4, -0.2) is 31.9 Å². The number of hydrogen-bond acceptors (Lipinski definition) is 5. The van der Waals surface area contributed by atoms with E-state index in [4.69, 9.17) is 19.9 Å². The summed E-state index contributed by atoms with van der Waals surface area (Å²) in [6, 6.07) is 3.14. The topological polar surface area (TPSA) is 82.8 Å². The highest BCUT2D eigenvalue weighted by Gasteiger charge is 2.23. The van der Waals surface area contributed by atoms with E-state index in [0.717, 1.165) is 11.3 Å². The van der Waals surface area contributed by atoms with Gasteiger partial charge in [0.25, 0.3) is 0 Å². The van der Waals surface area contributed by atoms with Gasteiger partial charge in [0, 0.05) is 17.7 Å². The quantitative estimate of drug-likeness (QED) is 0.832. The molecule has 1 aromatic carbocycles. The third kappa shape index (κ3) is 4.77. The van der Waals surface area contributed by atoms with Gasteiger partial charge in [0.1, 0.15) is 5.75 Å². The molecule has 2 atom stereocenters. The molecule has 0 bridgehead atoms. The van der Waals surface area contributed by atoms with Gasteiger partial charge in [-0.2, -0.15) is 0 Å². The highest BCUT2D eigenvalue weighted by atomic mass is 16.7. The molecule has 3 N–H and O–H groups in total. The van der Waals surface area contributed by atoms with E-state index in [1.54, 1.807) is 7.11 Å². The predicted octanol–water partition coefficient (Wildman–Crippen LogP) is 2.23. The average molecular weight is 336 g/mol. The molecule has 0 radical (unpaired) electrons. The molecular weight excluding hydrogens is 308 g/mol. The Morgan fingerprint density at radius 3 is 2.54 bits per heavy atom. The fourth-order valence-electron chi connectivity index (χ4n) is 2.80. The molecule has 0 saturated heterocycles. The maximum atomic E-state index is 12.3. The van der Waals surface area contributed by atoms with Gasteiger partial charge in [0.2, 0.25) is 12.7 Å². The minimum atomic E-state index is -0.508. The van der Waals surface area contributed by atoms with Crippen LogP contribution in [0.25, 0.3) is 0 Å². The first kappa shape index (κ1) is 18.4. The largest absolute Gasteiger partial charge is 0.496 e. The van der Waals surface area contributed by atoms with Crippen LogP contribution < -0.4 is 25.3 Å². The van der Waals surface area contributed by atoms with Crippen LogP contribution in [0.3, 0.4) is 0 Å². The fraction of sp³-hybridized carbons (Fsp3) is 0.611. The molecule has 0 fully saturated rings. The highest BCUT2D eigenvalue weighted by Crippen LogP contribution is 2.38. The highest BCUT2D eigenvalue weighted by molar-refractivity contribution is 5.81. The number of nitrogens with two attached hydrogens (primary N) is 1. The number of hydrogen-bond donors (Lipinski definition) is 2. The van der Waals surface area contributed by atoms with Crippen LogP contribution in [-0.2, 0) is 11.2 Å². The molecule has 1 amide bonds. The Labute approximate surface area is 143 Å². The molecule has 2 unspecified atom stereocenters. The third-order valence-electron chi connectivity index (χ3n) is 3.86. The molecular formula is C18H28N2O4. The first-order valence-corrected chi connectivity index (χ1v) is 8.22. The minimum absolute atomic E-state index is 0.0144. The number of rotatable bonds is 6. The lowest BCUT2D eigenvalue weighted by Crippen LogP contribution is -2.46. The summed E-state index contributed by atoms with van der Waals surface area (Å²) in [5.41, 5.74) is 6.97. The van der Waals surface area contributed by atoms with Crippen molar-refractivity contribution in [3.63, 3.8) is 0 Å². The number of methoxy groups -OCH3 is 1. The van der Waals surface area contributed by atoms with E-state index in [0.29, 0.717) is 24.3 Å². The van der Waals surface area contributed by atoms with Crippen molar-refractivity contribution in [2.24, 2.45) is 11.1 Å². The number of amides is 1. The van der Waals surface area contributed by atoms with Crippen molar-refractivity contribution in [2.75, 3.05) is 13.9 Å². The molecule has 6 heteroatoms. The molecule has 0 saturated carbocycles. The van der Waals surface area contributed by atoms with E-state index in [1.165, 1.54) is 0 Å². The van der Waals surface area contributed by atoms with Crippen LogP contribution in [0.1, 0.15) is 39.7 Å². The van der Waals surface area contributed by atoms with E-state index in [2.05, 4.69) is 26.1 Å². The van der Waals surface area contributed by atoms with Gasteiger partial charge in [-0.05, 0) is 31.2 Å². The van der Waals surface area contributed by atoms with Crippen molar-refractivity contribution in [2.45, 2.75) is 52.6 Å². The van der Waals surface area contributed by atoms with Crippen LogP contribution in [0.15, 0.2) is 12.1 Å². The minimum Gasteiger partial charge on any atom is -0.496 e. The van der Waals surface area contributed by atoms with E-state index in [1.807, 2.05) is 19.1 Å². The van der Waals surface area contributed by atoms with Crippen molar-refractivity contribution < 1.29 is 19.0 Å². The van der Waals surface area contributed by atoms with Gasteiger partial charge in [0.15, 0.2) is 11.5 Å². The summed E-state index contributed by atoms with van der Waals surface area (Å²) in [7, 11) is 1.61. The monoisotopic (exact) mass is 336 g/mol. The summed E-state index contributed by atoms with van der Waals surface area (Å²) in [6.45, 7) is 8.38. The molecule has 1 aromatic rings. The Morgan fingerprint density at radius 2 is 1.96 bits per heavy atom. The average Bonchev–Trinajstić information content (AvgIpc) is 2.91. The molecule has 1 aliphatic heterocycles. The second-order valence-corrected chi connectivity index (χ2v) is 7.50. The molecule has 134 valence electrons. The molecule has 0 aromatic heterocycles. The number of nitrogens with one attached hydrogen (secondary N) is 1. The van der Waals surface area contributed by atoms with Gasteiger partial charge >= 0.3 is 0 Å². The van der Waals surface area contributed by atoms with Crippen molar-refractivity contribution in [3.05, 3.63) is 17.7 Å². The van der Waals surface area contributed by atoms with Crippen LogP contribution in [0.2, 0.25) is 0 Å². The summed E-state index contributed by atoms with van der Waals surface area (Å²) in [6.07, 6.45) is 1.26. The Hall–Kier alpha value is -1.95. The van der Waals surface area contributed by atoms with E-state index < -0.39 is 6.04 Å². The molecule has 2 rings (SSSR count). The summed E-state index contributed by atoms with van der Waals surface area (Å²) in [4.78, 5) is 12.3. The first-order chi connectivity index (χ1) is 11.2. The smallest absolute Gasteiger partial charge is 0.237 e. The van der Waals surface area contributed by atoms with Crippen molar-refractivity contribution in [1.29, 1.82) is 0 Å². The maximum absolute atomic E-state index is 12.3. The van der Waals surface area contributed by atoms with Crippen LogP contribution >= 0.6 is 0 Å². The molecule has 6 nitrogen and oxygen atoms in total. The van der Waals surface area contributed by atoms with E-state index in [9.17, 15) is 4.79 Å². The summed E-state index contributed by atoms with van der Waals surface area (Å²) >= 11 is 0. The number of ether oxygens (including phenoxy) is 3. The number of carbonyl (C=O) groups is 1. The Bertz CT molecular complexity index is 595. The van der Waals surface area contributed by atoms with Gasteiger partial charge < -0.3 is 25.3 Å². The molecule has 1 heterocycles. The summed E-state index contributed by atoms with van der Waals surface area (Å²) in [5, 5.41) is 2.98. The van der Waals surface area contributed by atoms with Gasteiger partial charge in [-0.25, -0.2) is 0 Å². The molecule has 0 aliphatic carbocycles. The lowest BCUT2D eigenvalue weighted by atomic mass is 9.88. The van der Waals surface area contributed by atoms with Crippen molar-refractivity contribution in [1.82, 2.24) is 5.32 Å². The van der Waals surface area contributed by atoms with E-state index in [-0.39, 0.29) is 24.2 Å². The van der Waals surface area contributed by atoms with Gasteiger partial charge in [-0.15, -0.1) is 0 Å². The van der Waals surface area contributed by atoms with Crippen LogP contribution in [0.5, 0.6) is 17.2 Å². The fourth-order valence-corrected chi connectivity index (χ4v) is 2.80. The molecule has 0 spiro atoms. The zero-order chi connectivity index (χ0) is 17.9. The predicted molar refractivity (Wildman–Crippen MR) is 92.5 cm³/mol. The second-order valence-electron chi connectivity index (χ2n) is 7.50. The number of carbonyl (C=O) groups excluding carboxylic acids is 1. The van der Waals surface area contributed by atoms with Gasteiger partial charge in [-0.1, -0.05) is 20.8 Å². The molecule has 1 aliphatic rings. The normalized spacial score (nSPS) is 15.8. The maximum Gasteiger partial charge on any atom is 0.237 e. The van der Waals surface area contributed by atoms with Crippen molar-refractivity contribution >= 4 is 5.91 Å². The Kier molecular flexibility index (Phi) is 5.59. The SMILES string of the molecule is COc1cc2c(cc1CC(C)NC(=O)C(N)CC(C)(C)C)OCO2. The zero-order valence-electron chi connectivity index (χ0n) is 15.1. The summed E-state index contributed by atoms with van der Waals surface area (Å²) < 4.78 is 16.2. The van der Waals surface area contributed by atoms with Crippen LogP contribution in [0.4, 0.5) is 0 Å². The van der Waals surface area contributed by atoms with Gasteiger partial charge in [0.05, 0.1) is 13.2 Å². The third-order valence-corrected chi connectivity index (χ3v) is 3.86. The lowest BCUT2D eigenvalue weighted by molar-refractivity contribution is -0.123. The van der Waals surface area contributed by atoms with Crippen LogP contribution in [0, 0.1) is 5.41 Å². The standard InChI is InChI=1S/C18H28N2O4/c1-11(20-17(21)13(19)9-18(2,3)4)6-12-7-15-16(24-10-23-15)8-14(12)22-5/h7-8,11,13H,6,9-10,19H2,1-5H3,(H,20,21). The summed E-state index contributed by atoms with van der Waals surface area (Å²) in [5.74, 6) is 1.98. The lowest BCUT2D eigenvalue weighted by Gasteiger charge is -2.24.